The fraction of sp³-hybridized carbons (Fsp3) is 0.200. The molecule has 0 aliphatic heterocycles. The van der Waals surface area contributed by atoms with Gasteiger partial charge >= 0.3 is 0 Å². The van der Waals surface area contributed by atoms with Crippen molar-refractivity contribution < 1.29 is 13.9 Å². The van der Waals surface area contributed by atoms with Gasteiger partial charge in [-0.15, -0.1) is 0 Å². The molecule has 0 radical (unpaired) electrons. The molecule has 4 heteroatoms. The lowest BCUT2D eigenvalue weighted by Gasteiger charge is -2.10. The Balaban J connectivity index is 1.80. The molecule has 0 saturated heterocycles. The Bertz CT molecular complexity index is 540. The van der Waals surface area contributed by atoms with Crippen LogP contribution in [0.15, 0.2) is 42.5 Å². The van der Waals surface area contributed by atoms with Gasteiger partial charge in [0.05, 0.1) is 0 Å². The number of hydrogen-bond acceptors (Lipinski definition) is 3. The van der Waals surface area contributed by atoms with Gasteiger partial charge in [0.15, 0.2) is 0 Å². The fourth-order valence-electron chi connectivity index (χ4n) is 1.60. The van der Waals surface area contributed by atoms with Crippen molar-refractivity contribution in [3.8, 4) is 11.5 Å². The molecule has 0 heterocycles. The molecule has 0 aliphatic rings. The van der Waals surface area contributed by atoms with E-state index in [2.05, 4.69) is 0 Å². The minimum absolute atomic E-state index is 0.306. The molecule has 3 nitrogen and oxygen atoms in total. The molecule has 2 aromatic rings. The molecular formula is C15H16FNO2. The number of anilines is 1. The van der Waals surface area contributed by atoms with Crippen molar-refractivity contribution in [2.45, 2.75) is 6.92 Å². The molecule has 0 aliphatic carbocycles. The Kier molecular flexibility index (Phi) is 4.23. The van der Waals surface area contributed by atoms with Crippen LogP contribution in [0.5, 0.6) is 11.5 Å². The van der Waals surface area contributed by atoms with Gasteiger partial charge in [-0.05, 0) is 42.8 Å². The quantitative estimate of drug-likeness (QED) is 0.664. The summed E-state index contributed by atoms with van der Waals surface area (Å²) in [7, 11) is 0. The average Bonchev–Trinajstić information content (AvgIpc) is 2.40. The Morgan fingerprint density at radius 3 is 2.42 bits per heavy atom. The Morgan fingerprint density at radius 1 is 1.00 bits per heavy atom. The zero-order valence-electron chi connectivity index (χ0n) is 10.7. The monoisotopic (exact) mass is 261 g/mol. The van der Waals surface area contributed by atoms with Crippen molar-refractivity contribution >= 4 is 5.69 Å². The van der Waals surface area contributed by atoms with Crippen LogP contribution >= 0.6 is 0 Å². The lowest BCUT2D eigenvalue weighted by molar-refractivity contribution is 0.216. The van der Waals surface area contributed by atoms with Gasteiger partial charge in [-0.25, -0.2) is 4.39 Å². The van der Waals surface area contributed by atoms with Crippen molar-refractivity contribution in [1.29, 1.82) is 0 Å². The summed E-state index contributed by atoms with van der Waals surface area (Å²) in [6, 6.07) is 11.6. The second-order valence-corrected chi connectivity index (χ2v) is 4.18. The number of ether oxygens (including phenoxy) is 2. The summed E-state index contributed by atoms with van der Waals surface area (Å²) in [5.41, 5.74) is 7.16. The van der Waals surface area contributed by atoms with Crippen molar-refractivity contribution in [1.82, 2.24) is 0 Å². The minimum Gasteiger partial charge on any atom is -0.490 e. The first-order valence-corrected chi connectivity index (χ1v) is 6.02. The third-order valence-electron chi connectivity index (χ3n) is 2.64. The highest BCUT2D eigenvalue weighted by molar-refractivity contribution is 5.41. The summed E-state index contributed by atoms with van der Waals surface area (Å²) in [5.74, 6) is 0.967. The molecule has 2 aromatic carbocycles. The molecule has 0 fully saturated rings. The van der Waals surface area contributed by atoms with E-state index in [1.54, 1.807) is 30.3 Å². The van der Waals surface area contributed by atoms with E-state index in [1.165, 1.54) is 12.1 Å². The van der Waals surface area contributed by atoms with Crippen molar-refractivity contribution in [2.24, 2.45) is 0 Å². The van der Waals surface area contributed by atoms with E-state index in [1.807, 2.05) is 6.92 Å². The van der Waals surface area contributed by atoms with Crippen LogP contribution in [0.2, 0.25) is 0 Å². The highest BCUT2D eigenvalue weighted by Crippen LogP contribution is 2.18. The van der Waals surface area contributed by atoms with Gasteiger partial charge in [-0.1, -0.05) is 6.07 Å². The standard InChI is InChI=1S/C15H16FNO2/c1-11-2-3-12(16)10-15(11)19-9-8-18-14-6-4-13(17)5-7-14/h2-7,10H,8-9,17H2,1H3. The molecule has 0 amide bonds. The Morgan fingerprint density at radius 2 is 1.68 bits per heavy atom. The van der Waals surface area contributed by atoms with E-state index in [-0.39, 0.29) is 5.82 Å². The molecule has 0 atom stereocenters. The van der Waals surface area contributed by atoms with E-state index in [0.717, 1.165) is 11.3 Å². The van der Waals surface area contributed by atoms with Gasteiger partial charge in [0.25, 0.3) is 0 Å². The van der Waals surface area contributed by atoms with Crippen LogP contribution in [0.3, 0.4) is 0 Å². The van der Waals surface area contributed by atoms with Crippen molar-refractivity contribution in [3.05, 3.63) is 53.8 Å². The lowest BCUT2D eigenvalue weighted by Crippen LogP contribution is -2.09. The summed E-state index contributed by atoms with van der Waals surface area (Å²) >= 11 is 0. The number of benzene rings is 2. The van der Waals surface area contributed by atoms with Gasteiger partial charge < -0.3 is 15.2 Å². The maximum atomic E-state index is 13.0. The molecule has 0 unspecified atom stereocenters. The van der Waals surface area contributed by atoms with Crippen LogP contribution in [-0.2, 0) is 0 Å². The Hall–Kier alpha value is -2.23. The normalized spacial score (nSPS) is 10.2. The number of nitrogens with two attached hydrogens (primary N) is 1. The minimum atomic E-state index is -0.306. The van der Waals surface area contributed by atoms with Crippen molar-refractivity contribution in [3.63, 3.8) is 0 Å². The van der Waals surface area contributed by atoms with Gasteiger partial charge in [0, 0.05) is 11.8 Å². The summed E-state index contributed by atoms with van der Waals surface area (Å²) in [5, 5.41) is 0. The predicted molar refractivity (Wildman–Crippen MR) is 73.0 cm³/mol. The van der Waals surface area contributed by atoms with Gasteiger partial charge in [-0.2, -0.15) is 0 Å². The molecule has 0 saturated carbocycles. The van der Waals surface area contributed by atoms with Crippen molar-refractivity contribution in [2.75, 3.05) is 18.9 Å². The molecule has 0 spiro atoms. The zero-order valence-corrected chi connectivity index (χ0v) is 10.7. The molecule has 2 rings (SSSR count). The van der Waals surface area contributed by atoms with Crippen LogP contribution in [0.25, 0.3) is 0 Å². The van der Waals surface area contributed by atoms with Crippen LogP contribution < -0.4 is 15.2 Å². The van der Waals surface area contributed by atoms with E-state index in [9.17, 15) is 4.39 Å². The maximum absolute atomic E-state index is 13.0. The largest absolute Gasteiger partial charge is 0.490 e. The van der Waals surface area contributed by atoms with E-state index in [0.29, 0.717) is 24.7 Å². The highest BCUT2D eigenvalue weighted by Gasteiger charge is 2.01. The second-order valence-electron chi connectivity index (χ2n) is 4.18. The second kappa shape index (κ2) is 6.09. The lowest BCUT2D eigenvalue weighted by atomic mass is 10.2. The van der Waals surface area contributed by atoms with Gasteiger partial charge in [-0.3, -0.25) is 0 Å². The first kappa shape index (κ1) is 13.2. The first-order valence-electron chi connectivity index (χ1n) is 6.02. The van der Waals surface area contributed by atoms with Gasteiger partial charge in [0.1, 0.15) is 30.5 Å². The van der Waals surface area contributed by atoms with Crippen LogP contribution in [0.1, 0.15) is 5.56 Å². The number of nitrogen functional groups attached to an aromatic ring is 1. The predicted octanol–water partition coefficient (Wildman–Crippen LogP) is 3.17. The highest BCUT2D eigenvalue weighted by atomic mass is 19.1. The third-order valence-corrected chi connectivity index (χ3v) is 2.64. The number of rotatable bonds is 5. The molecule has 0 bridgehead atoms. The van der Waals surface area contributed by atoms with E-state index >= 15 is 0 Å². The van der Waals surface area contributed by atoms with E-state index in [4.69, 9.17) is 15.2 Å². The number of aryl methyl sites for hydroxylation is 1. The Labute approximate surface area is 111 Å². The molecule has 2 N–H and O–H groups in total. The summed E-state index contributed by atoms with van der Waals surface area (Å²) in [4.78, 5) is 0. The summed E-state index contributed by atoms with van der Waals surface area (Å²) < 4.78 is 24.0. The van der Waals surface area contributed by atoms with Crippen LogP contribution in [0, 0.1) is 12.7 Å². The molecule has 0 aromatic heterocycles. The molecule has 100 valence electrons. The topological polar surface area (TPSA) is 44.5 Å². The first-order chi connectivity index (χ1) is 9.15. The number of hydrogen-bond donors (Lipinski definition) is 1. The third kappa shape index (κ3) is 3.88. The summed E-state index contributed by atoms with van der Waals surface area (Å²) in [6.07, 6.45) is 0. The molecule has 19 heavy (non-hydrogen) atoms. The van der Waals surface area contributed by atoms with E-state index < -0.39 is 0 Å². The van der Waals surface area contributed by atoms with Gasteiger partial charge in [0.2, 0.25) is 0 Å². The smallest absolute Gasteiger partial charge is 0.126 e. The maximum Gasteiger partial charge on any atom is 0.126 e. The SMILES string of the molecule is Cc1ccc(F)cc1OCCOc1ccc(N)cc1. The van der Waals surface area contributed by atoms with Crippen LogP contribution in [0.4, 0.5) is 10.1 Å². The fourth-order valence-corrected chi connectivity index (χ4v) is 1.60. The summed E-state index contributed by atoms with van der Waals surface area (Å²) in [6.45, 7) is 2.62. The number of halogens is 1. The van der Waals surface area contributed by atoms with Crippen LogP contribution in [-0.4, -0.2) is 13.2 Å². The molecular weight excluding hydrogens is 245 g/mol. The zero-order chi connectivity index (χ0) is 13.7. The average molecular weight is 261 g/mol.